The fourth-order valence-electron chi connectivity index (χ4n) is 3.03. The van der Waals surface area contributed by atoms with Gasteiger partial charge in [-0.05, 0) is 24.5 Å². The molecule has 2 heterocycles. The van der Waals surface area contributed by atoms with Gasteiger partial charge in [-0.3, -0.25) is 9.69 Å². The van der Waals surface area contributed by atoms with E-state index in [1.165, 1.54) is 11.1 Å². The molecule has 1 aromatic carbocycles. The molecule has 1 aromatic rings. The first-order valence-electron chi connectivity index (χ1n) is 7.41. The van der Waals surface area contributed by atoms with Crippen LogP contribution in [0.1, 0.15) is 18.1 Å². The van der Waals surface area contributed by atoms with Gasteiger partial charge >= 0.3 is 0 Å². The zero-order chi connectivity index (χ0) is 13.9. The van der Waals surface area contributed by atoms with E-state index >= 15 is 0 Å². The van der Waals surface area contributed by atoms with Crippen LogP contribution in [0.5, 0.6) is 0 Å². The first kappa shape index (κ1) is 13.6. The number of amides is 1. The van der Waals surface area contributed by atoms with Crippen LogP contribution in [-0.2, 0) is 22.5 Å². The molecule has 1 amide bonds. The summed E-state index contributed by atoms with van der Waals surface area (Å²) in [7, 11) is 0. The molecule has 0 aliphatic carbocycles. The van der Waals surface area contributed by atoms with Gasteiger partial charge < -0.3 is 9.64 Å². The van der Waals surface area contributed by atoms with E-state index in [1.54, 1.807) is 0 Å². The fraction of sp³-hybridized carbons (Fsp3) is 0.562. The Morgan fingerprint density at radius 2 is 2.10 bits per heavy atom. The molecule has 0 N–H and O–H groups in total. The third-order valence-electron chi connectivity index (χ3n) is 4.16. The molecule has 0 aromatic heterocycles. The van der Waals surface area contributed by atoms with E-state index in [4.69, 9.17) is 4.74 Å². The summed E-state index contributed by atoms with van der Waals surface area (Å²) in [5.41, 5.74) is 2.79. The van der Waals surface area contributed by atoms with Gasteiger partial charge in [0.15, 0.2) is 0 Å². The molecule has 0 bridgehead atoms. The van der Waals surface area contributed by atoms with Crippen molar-refractivity contribution < 1.29 is 9.53 Å². The van der Waals surface area contributed by atoms with Crippen LogP contribution < -0.4 is 0 Å². The third kappa shape index (κ3) is 3.02. The fourth-order valence-corrected chi connectivity index (χ4v) is 3.03. The molecule has 4 heteroatoms. The van der Waals surface area contributed by atoms with Gasteiger partial charge in [-0.1, -0.05) is 24.3 Å². The number of hydrogen-bond acceptors (Lipinski definition) is 3. The van der Waals surface area contributed by atoms with Crippen molar-refractivity contribution in [3.05, 3.63) is 35.4 Å². The molecule has 3 rings (SSSR count). The lowest BCUT2D eigenvalue weighted by Crippen LogP contribution is -2.48. The molecule has 2 aliphatic rings. The van der Waals surface area contributed by atoms with Gasteiger partial charge in [0, 0.05) is 26.2 Å². The predicted molar refractivity (Wildman–Crippen MR) is 77.4 cm³/mol. The van der Waals surface area contributed by atoms with Gasteiger partial charge in [0.1, 0.15) is 0 Å². The smallest absolute Gasteiger partial charge is 0.236 e. The van der Waals surface area contributed by atoms with Crippen LogP contribution in [0.3, 0.4) is 0 Å². The highest BCUT2D eigenvalue weighted by Crippen LogP contribution is 2.18. The molecule has 20 heavy (non-hydrogen) atoms. The van der Waals surface area contributed by atoms with Crippen molar-refractivity contribution in [2.24, 2.45) is 0 Å². The monoisotopic (exact) mass is 274 g/mol. The molecule has 1 fully saturated rings. The minimum absolute atomic E-state index is 0.162. The van der Waals surface area contributed by atoms with E-state index in [9.17, 15) is 4.79 Å². The molecule has 1 unspecified atom stereocenters. The molecule has 0 radical (unpaired) electrons. The number of carbonyl (C=O) groups excluding carboxylic acids is 1. The van der Waals surface area contributed by atoms with Crippen molar-refractivity contribution >= 4 is 5.91 Å². The molecule has 108 valence electrons. The van der Waals surface area contributed by atoms with Gasteiger partial charge in [-0.25, -0.2) is 0 Å². The number of ether oxygens (including phenoxy) is 1. The van der Waals surface area contributed by atoms with Gasteiger partial charge in [0.25, 0.3) is 0 Å². The van der Waals surface area contributed by atoms with Gasteiger partial charge in [0.05, 0.1) is 19.3 Å². The van der Waals surface area contributed by atoms with Crippen molar-refractivity contribution in [2.45, 2.75) is 26.0 Å². The summed E-state index contributed by atoms with van der Waals surface area (Å²) in [4.78, 5) is 16.5. The van der Waals surface area contributed by atoms with Crippen LogP contribution >= 0.6 is 0 Å². The van der Waals surface area contributed by atoms with E-state index in [0.717, 1.165) is 32.6 Å². The predicted octanol–water partition coefficient (Wildman–Crippen LogP) is 1.29. The number of rotatable bonds is 2. The number of carbonyl (C=O) groups is 1. The van der Waals surface area contributed by atoms with Gasteiger partial charge in [-0.15, -0.1) is 0 Å². The summed E-state index contributed by atoms with van der Waals surface area (Å²) >= 11 is 0. The molecule has 0 saturated carbocycles. The number of nitrogens with zero attached hydrogens (tertiary/aromatic N) is 2. The summed E-state index contributed by atoms with van der Waals surface area (Å²) in [6.45, 7) is 6.54. The van der Waals surface area contributed by atoms with Crippen molar-refractivity contribution in [3.8, 4) is 0 Å². The number of morpholine rings is 1. The van der Waals surface area contributed by atoms with Gasteiger partial charge in [-0.2, -0.15) is 0 Å². The number of hydrogen-bond donors (Lipinski definition) is 0. The zero-order valence-corrected chi connectivity index (χ0v) is 12.0. The largest absolute Gasteiger partial charge is 0.375 e. The molecular formula is C16H22N2O2. The second kappa shape index (κ2) is 5.94. The van der Waals surface area contributed by atoms with E-state index < -0.39 is 0 Å². The maximum atomic E-state index is 12.4. The van der Waals surface area contributed by atoms with E-state index in [1.807, 2.05) is 11.8 Å². The molecule has 0 spiro atoms. The highest BCUT2D eigenvalue weighted by atomic mass is 16.5. The Morgan fingerprint density at radius 3 is 2.90 bits per heavy atom. The van der Waals surface area contributed by atoms with E-state index in [2.05, 4.69) is 29.2 Å². The van der Waals surface area contributed by atoms with Gasteiger partial charge in [0.2, 0.25) is 5.91 Å². The SMILES string of the molecule is CC1CN(C(=O)CN2CCc3ccccc3C2)CCO1. The average Bonchev–Trinajstić information content (AvgIpc) is 2.47. The van der Waals surface area contributed by atoms with Crippen molar-refractivity contribution in [1.82, 2.24) is 9.80 Å². The van der Waals surface area contributed by atoms with Crippen LogP contribution in [0.25, 0.3) is 0 Å². The van der Waals surface area contributed by atoms with E-state index in [0.29, 0.717) is 13.2 Å². The first-order valence-corrected chi connectivity index (χ1v) is 7.41. The lowest BCUT2D eigenvalue weighted by molar-refractivity contribution is -0.139. The second-order valence-corrected chi connectivity index (χ2v) is 5.75. The summed E-state index contributed by atoms with van der Waals surface area (Å²) < 4.78 is 5.49. The second-order valence-electron chi connectivity index (χ2n) is 5.75. The standard InChI is InChI=1S/C16H22N2O2/c1-13-10-18(8-9-20-13)16(19)12-17-7-6-14-4-2-3-5-15(14)11-17/h2-5,13H,6-12H2,1H3. The lowest BCUT2D eigenvalue weighted by Gasteiger charge is -2.34. The van der Waals surface area contributed by atoms with Crippen molar-refractivity contribution in [1.29, 1.82) is 0 Å². The maximum absolute atomic E-state index is 12.4. The summed E-state index contributed by atoms with van der Waals surface area (Å²) in [6.07, 6.45) is 1.21. The first-order chi connectivity index (χ1) is 9.72. The Kier molecular flexibility index (Phi) is 4.03. The Hall–Kier alpha value is -1.39. The van der Waals surface area contributed by atoms with E-state index in [-0.39, 0.29) is 12.0 Å². The van der Waals surface area contributed by atoms with Crippen molar-refractivity contribution in [3.63, 3.8) is 0 Å². The maximum Gasteiger partial charge on any atom is 0.236 e. The Balaban J connectivity index is 1.58. The number of fused-ring (bicyclic) bond motifs is 1. The van der Waals surface area contributed by atoms with Crippen molar-refractivity contribution in [2.75, 3.05) is 32.8 Å². The highest BCUT2D eigenvalue weighted by molar-refractivity contribution is 5.78. The lowest BCUT2D eigenvalue weighted by atomic mass is 10.00. The summed E-state index contributed by atoms with van der Waals surface area (Å²) in [5, 5.41) is 0. The molecule has 1 saturated heterocycles. The minimum Gasteiger partial charge on any atom is -0.375 e. The molecule has 4 nitrogen and oxygen atoms in total. The topological polar surface area (TPSA) is 32.8 Å². The summed E-state index contributed by atoms with van der Waals surface area (Å²) in [5.74, 6) is 0.236. The normalized spacial score (nSPS) is 23.4. The summed E-state index contributed by atoms with van der Waals surface area (Å²) in [6, 6.07) is 8.53. The van der Waals surface area contributed by atoms with Crippen LogP contribution in [0.15, 0.2) is 24.3 Å². The molecule has 1 atom stereocenters. The minimum atomic E-state index is 0.162. The van der Waals surface area contributed by atoms with Crippen LogP contribution in [0, 0.1) is 0 Å². The molecule has 2 aliphatic heterocycles. The quantitative estimate of drug-likeness (QED) is 0.815. The number of benzene rings is 1. The third-order valence-corrected chi connectivity index (χ3v) is 4.16. The van der Waals surface area contributed by atoms with Crippen LogP contribution in [-0.4, -0.2) is 54.6 Å². The zero-order valence-electron chi connectivity index (χ0n) is 12.0. The molecular weight excluding hydrogens is 252 g/mol. The highest BCUT2D eigenvalue weighted by Gasteiger charge is 2.24. The van der Waals surface area contributed by atoms with Crippen LogP contribution in [0.2, 0.25) is 0 Å². The Morgan fingerprint density at radius 1 is 1.30 bits per heavy atom. The van der Waals surface area contributed by atoms with Crippen LogP contribution in [0.4, 0.5) is 0 Å². The average molecular weight is 274 g/mol. The Bertz CT molecular complexity index is 489. The Labute approximate surface area is 120 Å².